The van der Waals surface area contributed by atoms with Crippen molar-refractivity contribution in [1.29, 1.82) is 0 Å². The van der Waals surface area contributed by atoms with Crippen molar-refractivity contribution in [3.05, 3.63) is 68.3 Å². The lowest BCUT2D eigenvalue weighted by atomic mass is 9.99. The van der Waals surface area contributed by atoms with Crippen LogP contribution >= 0.6 is 27.3 Å². The zero-order valence-corrected chi connectivity index (χ0v) is 12.8. The summed E-state index contributed by atoms with van der Waals surface area (Å²) in [7, 11) is 0. The molecule has 0 fully saturated rings. The molecular weight excluding hydrogens is 320 g/mol. The van der Waals surface area contributed by atoms with Crippen LogP contribution in [0.1, 0.15) is 22.1 Å². The maximum atomic E-state index is 10.5. The third-order valence-electron chi connectivity index (χ3n) is 3.34. The van der Waals surface area contributed by atoms with Crippen molar-refractivity contribution < 1.29 is 5.11 Å². The molecule has 0 aliphatic carbocycles. The van der Waals surface area contributed by atoms with Gasteiger partial charge in [0.15, 0.2) is 0 Å². The molecule has 0 saturated heterocycles. The SMILES string of the molecule is Cc1sccc1C(O)c1ccc2cc(Br)ccc2c1. The van der Waals surface area contributed by atoms with Crippen molar-refractivity contribution in [3.63, 3.8) is 0 Å². The summed E-state index contributed by atoms with van der Waals surface area (Å²) in [5.74, 6) is 0. The second kappa shape index (κ2) is 5.08. The average molecular weight is 333 g/mol. The smallest absolute Gasteiger partial charge is 0.105 e. The minimum Gasteiger partial charge on any atom is -0.384 e. The highest BCUT2D eigenvalue weighted by molar-refractivity contribution is 9.10. The van der Waals surface area contributed by atoms with Gasteiger partial charge in [-0.1, -0.05) is 34.1 Å². The topological polar surface area (TPSA) is 20.2 Å². The van der Waals surface area contributed by atoms with E-state index in [1.54, 1.807) is 11.3 Å². The van der Waals surface area contributed by atoms with E-state index in [-0.39, 0.29) is 0 Å². The lowest BCUT2D eigenvalue weighted by molar-refractivity contribution is 0.220. The maximum absolute atomic E-state index is 10.5. The minimum absolute atomic E-state index is 0.542. The molecule has 1 N–H and O–H groups in total. The molecule has 3 heteroatoms. The summed E-state index contributed by atoms with van der Waals surface area (Å²) < 4.78 is 1.07. The normalized spacial score (nSPS) is 12.8. The molecule has 96 valence electrons. The van der Waals surface area contributed by atoms with E-state index in [0.29, 0.717) is 0 Å². The molecule has 0 bridgehead atoms. The van der Waals surface area contributed by atoms with Crippen LogP contribution < -0.4 is 0 Å². The largest absolute Gasteiger partial charge is 0.384 e. The van der Waals surface area contributed by atoms with Crippen LogP contribution in [-0.4, -0.2) is 5.11 Å². The Kier molecular flexibility index (Phi) is 3.44. The highest BCUT2D eigenvalue weighted by Crippen LogP contribution is 2.30. The van der Waals surface area contributed by atoms with Crippen molar-refractivity contribution in [2.24, 2.45) is 0 Å². The second-order valence-corrected chi connectivity index (χ2v) is 6.62. The monoisotopic (exact) mass is 332 g/mol. The molecule has 0 aliphatic heterocycles. The van der Waals surface area contributed by atoms with Crippen LogP contribution in [0.4, 0.5) is 0 Å². The van der Waals surface area contributed by atoms with E-state index in [4.69, 9.17) is 0 Å². The number of fused-ring (bicyclic) bond motifs is 1. The summed E-state index contributed by atoms with van der Waals surface area (Å²) in [5, 5.41) is 14.8. The van der Waals surface area contributed by atoms with Crippen LogP contribution in [0.3, 0.4) is 0 Å². The fraction of sp³-hybridized carbons (Fsp3) is 0.125. The van der Waals surface area contributed by atoms with E-state index >= 15 is 0 Å². The molecule has 2 aromatic carbocycles. The minimum atomic E-state index is -0.542. The standard InChI is InChI=1S/C16H13BrOS/c1-10-15(6-7-19-10)16(18)13-3-2-12-9-14(17)5-4-11(12)8-13/h2-9,16,18H,1H3. The first-order valence-electron chi connectivity index (χ1n) is 6.06. The number of halogens is 1. The Bertz CT molecular complexity index is 732. The molecule has 0 radical (unpaired) electrons. The van der Waals surface area contributed by atoms with Crippen molar-refractivity contribution in [2.75, 3.05) is 0 Å². The lowest BCUT2D eigenvalue weighted by Crippen LogP contribution is -1.99. The predicted molar refractivity (Wildman–Crippen MR) is 84.8 cm³/mol. The van der Waals surface area contributed by atoms with Crippen LogP contribution in [-0.2, 0) is 0 Å². The van der Waals surface area contributed by atoms with Crippen LogP contribution in [0.15, 0.2) is 52.3 Å². The zero-order chi connectivity index (χ0) is 13.4. The number of aryl methyl sites for hydroxylation is 1. The molecule has 0 spiro atoms. The van der Waals surface area contributed by atoms with Gasteiger partial charge in [0.25, 0.3) is 0 Å². The average Bonchev–Trinajstić information content (AvgIpc) is 2.83. The molecular formula is C16H13BrOS. The first kappa shape index (κ1) is 12.9. The van der Waals surface area contributed by atoms with Crippen LogP contribution in [0.25, 0.3) is 10.8 Å². The molecule has 19 heavy (non-hydrogen) atoms. The molecule has 3 rings (SSSR count). The molecule has 1 unspecified atom stereocenters. The van der Waals surface area contributed by atoms with Crippen LogP contribution in [0.5, 0.6) is 0 Å². The second-order valence-electron chi connectivity index (χ2n) is 4.59. The van der Waals surface area contributed by atoms with E-state index in [1.807, 2.05) is 30.5 Å². The molecule has 0 amide bonds. The third-order valence-corrected chi connectivity index (χ3v) is 4.69. The summed E-state index contributed by atoms with van der Waals surface area (Å²) in [6.07, 6.45) is -0.542. The summed E-state index contributed by atoms with van der Waals surface area (Å²) in [6, 6.07) is 14.3. The maximum Gasteiger partial charge on any atom is 0.105 e. The van der Waals surface area contributed by atoms with Gasteiger partial charge in [-0.15, -0.1) is 11.3 Å². The fourth-order valence-corrected chi connectivity index (χ4v) is 3.38. The van der Waals surface area contributed by atoms with E-state index in [9.17, 15) is 5.11 Å². The molecule has 1 heterocycles. The molecule has 1 nitrogen and oxygen atoms in total. The first-order valence-corrected chi connectivity index (χ1v) is 7.74. The Balaban J connectivity index is 2.06. The number of hydrogen-bond donors (Lipinski definition) is 1. The van der Waals surface area contributed by atoms with Crippen molar-refractivity contribution >= 4 is 38.0 Å². The van der Waals surface area contributed by atoms with E-state index in [2.05, 4.69) is 40.2 Å². The molecule has 0 saturated carbocycles. The van der Waals surface area contributed by atoms with Gasteiger partial charge in [0, 0.05) is 9.35 Å². The molecule has 0 aliphatic rings. The summed E-state index contributed by atoms with van der Waals surface area (Å²) >= 11 is 5.14. The Hall–Kier alpha value is -1.16. The van der Waals surface area contributed by atoms with Gasteiger partial charge in [0.2, 0.25) is 0 Å². The number of aliphatic hydroxyl groups is 1. The number of rotatable bonds is 2. The summed E-state index contributed by atoms with van der Waals surface area (Å²) in [5.41, 5.74) is 1.94. The van der Waals surface area contributed by atoms with E-state index < -0.39 is 6.10 Å². The van der Waals surface area contributed by atoms with Crippen molar-refractivity contribution in [3.8, 4) is 0 Å². The van der Waals surface area contributed by atoms with Crippen molar-refractivity contribution in [1.82, 2.24) is 0 Å². The highest BCUT2D eigenvalue weighted by atomic mass is 79.9. The number of aliphatic hydroxyl groups excluding tert-OH is 1. The quantitative estimate of drug-likeness (QED) is 0.695. The van der Waals surface area contributed by atoms with Crippen LogP contribution in [0.2, 0.25) is 0 Å². The lowest BCUT2D eigenvalue weighted by Gasteiger charge is -2.12. The Morgan fingerprint density at radius 2 is 1.79 bits per heavy atom. The van der Waals surface area contributed by atoms with Gasteiger partial charge in [-0.05, 0) is 58.5 Å². The van der Waals surface area contributed by atoms with Gasteiger partial charge in [-0.2, -0.15) is 0 Å². The Morgan fingerprint density at radius 3 is 2.53 bits per heavy atom. The molecule has 1 atom stereocenters. The van der Waals surface area contributed by atoms with Crippen LogP contribution in [0, 0.1) is 6.92 Å². The van der Waals surface area contributed by atoms with Gasteiger partial charge in [-0.25, -0.2) is 0 Å². The van der Waals surface area contributed by atoms with Crippen molar-refractivity contribution in [2.45, 2.75) is 13.0 Å². The predicted octanol–water partition coefficient (Wildman–Crippen LogP) is 5.05. The van der Waals surface area contributed by atoms with Gasteiger partial charge in [-0.3, -0.25) is 0 Å². The first-order chi connectivity index (χ1) is 9.15. The highest BCUT2D eigenvalue weighted by Gasteiger charge is 2.14. The third kappa shape index (κ3) is 2.46. The Labute approximate surface area is 124 Å². The van der Waals surface area contributed by atoms with Gasteiger partial charge in [0.1, 0.15) is 6.10 Å². The number of benzene rings is 2. The zero-order valence-electron chi connectivity index (χ0n) is 10.4. The summed E-state index contributed by atoms with van der Waals surface area (Å²) in [4.78, 5) is 1.17. The van der Waals surface area contributed by atoms with Gasteiger partial charge in [0.05, 0.1) is 0 Å². The summed E-state index contributed by atoms with van der Waals surface area (Å²) in [6.45, 7) is 2.04. The van der Waals surface area contributed by atoms with Gasteiger partial charge < -0.3 is 5.11 Å². The fourth-order valence-electron chi connectivity index (χ4n) is 2.26. The number of hydrogen-bond acceptors (Lipinski definition) is 2. The number of thiophene rings is 1. The molecule has 3 aromatic rings. The Morgan fingerprint density at radius 1 is 1.05 bits per heavy atom. The van der Waals surface area contributed by atoms with Gasteiger partial charge >= 0.3 is 0 Å². The van der Waals surface area contributed by atoms with E-state index in [0.717, 1.165) is 21.0 Å². The van der Waals surface area contributed by atoms with E-state index in [1.165, 1.54) is 10.3 Å². The molecule has 1 aromatic heterocycles.